The summed E-state index contributed by atoms with van der Waals surface area (Å²) in [5.41, 5.74) is 8.56. The lowest BCUT2D eigenvalue weighted by Crippen LogP contribution is -2.25. The van der Waals surface area contributed by atoms with Gasteiger partial charge in [-0.25, -0.2) is 9.97 Å². The topological polar surface area (TPSA) is 67.9 Å². The molecule has 0 aliphatic rings. The zero-order valence-corrected chi connectivity index (χ0v) is 11.4. The lowest BCUT2D eigenvalue weighted by molar-refractivity contribution is 0.766. The molecular weight excluding hydrogens is 238 g/mol. The van der Waals surface area contributed by atoms with E-state index in [1.165, 1.54) is 0 Å². The number of hydrogen-bond acceptors (Lipinski definition) is 5. The van der Waals surface area contributed by atoms with Crippen LogP contribution in [0, 0.1) is 6.92 Å². The fourth-order valence-corrected chi connectivity index (χ4v) is 1.84. The molecule has 0 spiro atoms. The summed E-state index contributed by atoms with van der Waals surface area (Å²) < 4.78 is 0. The Morgan fingerprint density at radius 3 is 2.68 bits per heavy atom. The summed E-state index contributed by atoms with van der Waals surface area (Å²) in [5, 5.41) is 0. The minimum absolute atomic E-state index is 0.471. The second-order valence-corrected chi connectivity index (χ2v) is 4.32. The fraction of sp³-hybridized carbons (Fsp3) is 0.357. The van der Waals surface area contributed by atoms with Crippen LogP contribution in [0.5, 0.6) is 0 Å². The van der Waals surface area contributed by atoms with Crippen molar-refractivity contribution >= 4 is 5.95 Å². The third-order valence-electron chi connectivity index (χ3n) is 3.03. The number of aryl methyl sites for hydroxylation is 1. The standard InChI is InChI=1S/C14H19N5/c1-3-19(10-13-6-4-5-7-16-13)14-17-9-12(8-15)11(2)18-14/h4-7,9H,3,8,10,15H2,1-2H3. The molecule has 0 bridgehead atoms. The maximum absolute atomic E-state index is 5.63. The number of nitrogens with zero attached hydrogens (tertiary/aromatic N) is 4. The largest absolute Gasteiger partial charge is 0.335 e. The Balaban J connectivity index is 2.20. The third kappa shape index (κ3) is 3.26. The molecule has 5 nitrogen and oxygen atoms in total. The number of hydrogen-bond donors (Lipinski definition) is 1. The van der Waals surface area contributed by atoms with E-state index in [4.69, 9.17) is 5.73 Å². The second-order valence-electron chi connectivity index (χ2n) is 4.32. The number of anilines is 1. The van der Waals surface area contributed by atoms with Crippen LogP contribution < -0.4 is 10.6 Å². The summed E-state index contributed by atoms with van der Waals surface area (Å²) in [5.74, 6) is 0.725. The van der Waals surface area contributed by atoms with Crippen LogP contribution in [0.2, 0.25) is 0 Å². The first-order chi connectivity index (χ1) is 9.24. The molecule has 2 aromatic heterocycles. The zero-order valence-electron chi connectivity index (χ0n) is 11.4. The fourth-order valence-electron chi connectivity index (χ4n) is 1.84. The Morgan fingerprint density at radius 2 is 2.11 bits per heavy atom. The molecule has 2 heterocycles. The maximum Gasteiger partial charge on any atom is 0.225 e. The van der Waals surface area contributed by atoms with Crippen LogP contribution in [0.1, 0.15) is 23.9 Å². The van der Waals surface area contributed by atoms with Crippen LogP contribution in [0.3, 0.4) is 0 Å². The first-order valence-corrected chi connectivity index (χ1v) is 6.42. The van der Waals surface area contributed by atoms with Crippen molar-refractivity contribution in [3.63, 3.8) is 0 Å². The lowest BCUT2D eigenvalue weighted by atomic mass is 10.2. The molecule has 0 aromatic carbocycles. The summed E-state index contributed by atoms with van der Waals surface area (Å²) in [6, 6.07) is 5.90. The highest BCUT2D eigenvalue weighted by molar-refractivity contribution is 5.33. The van der Waals surface area contributed by atoms with Gasteiger partial charge < -0.3 is 10.6 Å². The van der Waals surface area contributed by atoms with Crippen LogP contribution in [-0.4, -0.2) is 21.5 Å². The molecule has 0 saturated carbocycles. The first-order valence-electron chi connectivity index (χ1n) is 6.42. The smallest absolute Gasteiger partial charge is 0.225 e. The van der Waals surface area contributed by atoms with Gasteiger partial charge in [-0.05, 0) is 26.0 Å². The van der Waals surface area contributed by atoms with E-state index in [0.717, 1.165) is 29.4 Å². The highest BCUT2D eigenvalue weighted by atomic mass is 15.2. The molecule has 2 aromatic rings. The van der Waals surface area contributed by atoms with Gasteiger partial charge in [0.2, 0.25) is 5.95 Å². The molecule has 100 valence electrons. The summed E-state index contributed by atoms with van der Waals surface area (Å²) in [7, 11) is 0. The van der Waals surface area contributed by atoms with Gasteiger partial charge in [0.25, 0.3) is 0 Å². The number of rotatable bonds is 5. The average molecular weight is 257 g/mol. The van der Waals surface area contributed by atoms with Crippen molar-refractivity contribution in [2.24, 2.45) is 5.73 Å². The molecule has 0 amide bonds. The van der Waals surface area contributed by atoms with Crippen LogP contribution >= 0.6 is 0 Å². The van der Waals surface area contributed by atoms with Crippen molar-refractivity contribution in [1.82, 2.24) is 15.0 Å². The maximum atomic E-state index is 5.63. The Kier molecular flexibility index (Phi) is 4.41. The van der Waals surface area contributed by atoms with Gasteiger partial charge in [0, 0.05) is 36.7 Å². The molecule has 2 rings (SSSR count). The quantitative estimate of drug-likeness (QED) is 0.882. The first kappa shape index (κ1) is 13.4. The molecule has 0 unspecified atom stereocenters. The summed E-state index contributed by atoms with van der Waals surface area (Å²) in [6.07, 6.45) is 3.60. The van der Waals surface area contributed by atoms with Gasteiger partial charge in [-0.1, -0.05) is 6.07 Å². The molecule has 0 atom stereocenters. The summed E-state index contributed by atoms with van der Waals surface area (Å²) in [4.78, 5) is 15.3. The lowest BCUT2D eigenvalue weighted by Gasteiger charge is -2.21. The summed E-state index contributed by atoms with van der Waals surface area (Å²) in [6.45, 7) is 6.05. The predicted molar refractivity (Wildman–Crippen MR) is 75.6 cm³/mol. The van der Waals surface area contributed by atoms with E-state index in [1.807, 2.05) is 25.1 Å². The van der Waals surface area contributed by atoms with Crippen molar-refractivity contribution < 1.29 is 0 Å². The summed E-state index contributed by atoms with van der Waals surface area (Å²) >= 11 is 0. The van der Waals surface area contributed by atoms with Crippen LogP contribution in [0.15, 0.2) is 30.6 Å². The van der Waals surface area contributed by atoms with Gasteiger partial charge >= 0.3 is 0 Å². The van der Waals surface area contributed by atoms with Gasteiger partial charge in [-0.2, -0.15) is 0 Å². The predicted octanol–water partition coefficient (Wildman–Crippen LogP) is 1.67. The molecule has 0 saturated heterocycles. The van der Waals surface area contributed by atoms with E-state index in [-0.39, 0.29) is 0 Å². The molecule has 0 aliphatic carbocycles. The number of pyridine rings is 1. The van der Waals surface area contributed by atoms with Crippen LogP contribution in [0.25, 0.3) is 0 Å². The zero-order chi connectivity index (χ0) is 13.7. The molecule has 0 aliphatic heterocycles. The highest BCUT2D eigenvalue weighted by Gasteiger charge is 2.10. The van der Waals surface area contributed by atoms with E-state index < -0.39 is 0 Å². The third-order valence-corrected chi connectivity index (χ3v) is 3.03. The Bertz CT molecular complexity index is 527. The highest BCUT2D eigenvalue weighted by Crippen LogP contribution is 2.13. The minimum Gasteiger partial charge on any atom is -0.335 e. The SMILES string of the molecule is CCN(Cc1ccccn1)c1ncc(CN)c(C)n1. The van der Waals surface area contributed by atoms with Crippen molar-refractivity contribution in [2.45, 2.75) is 26.9 Å². The second kappa shape index (κ2) is 6.24. The number of nitrogens with two attached hydrogens (primary N) is 1. The van der Waals surface area contributed by atoms with Crippen molar-refractivity contribution in [2.75, 3.05) is 11.4 Å². The van der Waals surface area contributed by atoms with Gasteiger partial charge in [-0.3, -0.25) is 4.98 Å². The molecule has 2 N–H and O–H groups in total. The van der Waals surface area contributed by atoms with Crippen LogP contribution in [0.4, 0.5) is 5.95 Å². The van der Waals surface area contributed by atoms with Gasteiger partial charge in [0.05, 0.1) is 12.2 Å². The van der Waals surface area contributed by atoms with E-state index in [1.54, 1.807) is 12.4 Å². The van der Waals surface area contributed by atoms with Crippen LogP contribution in [-0.2, 0) is 13.1 Å². The van der Waals surface area contributed by atoms with E-state index >= 15 is 0 Å². The Labute approximate surface area is 113 Å². The van der Waals surface area contributed by atoms with Crippen molar-refractivity contribution in [3.05, 3.63) is 47.5 Å². The Morgan fingerprint density at radius 1 is 1.26 bits per heavy atom. The van der Waals surface area contributed by atoms with E-state index in [2.05, 4.69) is 26.8 Å². The van der Waals surface area contributed by atoms with Gasteiger partial charge in [0.15, 0.2) is 0 Å². The van der Waals surface area contributed by atoms with Crippen molar-refractivity contribution in [1.29, 1.82) is 0 Å². The normalized spacial score (nSPS) is 10.5. The minimum atomic E-state index is 0.471. The van der Waals surface area contributed by atoms with Crippen molar-refractivity contribution in [3.8, 4) is 0 Å². The molecule has 19 heavy (non-hydrogen) atoms. The van der Waals surface area contributed by atoms with E-state index in [9.17, 15) is 0 Å². The monoisotopic (exact) mass is 257 g/mol. The number of aromatic nitrogens is 3. The Hall–Kier alpha value is -2.01. The molecule has 5 heteroatoms. The average Bonchev–Trinajstić information content (AvgIpc) is 2.46. The molecule has 0 radical (unpaired) electrons. The van der Waals surface area contributed by atoms with Gasteiger partial charge in [-0.15, -0.1) is 0 Å². The molecular formula is C14H19N5. The van der Waals surface area contributed by atoms with Gasteiger partial charge in [0.1, 0.15) is 0 Å². The molecule has 0 fully saturated rings. The van der Waals surface area contributed by atoms with E-state index in [0.29, 0.717) is 13.1 Å².